The molecule has 1 aliphatic heterocycles. The zero-order valence-electron chi connectivity index (χ0n) is 15.9. The zero-order chi connectivity index (χ0) is 18.6. The summed E-state index contributed by atoms with van der Waals surface area (Å²) in [5.41, 5.74) is 0. The second-order valence-electron chi connectivity index (χ2n) is 6.20. The third kappa shape index (κ3) is 7.66. The van der Waals surface area contributed by atoms with E-state index in [1.807, 2.05) is 22.7 Å². The number of carbonyl (C=O) groups excluding carboxylic acids is 1. The fraction of sp³-hybridized carbons (Fsp3) is 0.579. The molecule has 7 heteroatoms. The molecule has 0 bridgehead atoms. The van der Waals surface area contributed by atoms with Crippen molar-refractivity contribution >= 4 is 23.6 Å². The van der Waals surface area contributed by atoms with Gasteiger partial charge in [0.25, 0.3) is 0 Å². The van der Waals surface area contributed by atoms with Gasteiger partial charge in [-0.25, -0.2) is 0 Å². The molecule has 26 heavy (non-hydrogen) atoms. The molecule has 1 aliphatic rings. The molecular weight excluding hydrogens is 346 g/mol. The van der Waals surface area contributed by atoms with Crippen molar-refractivity contribution in [3.8, 4) is 0 Å². The number of amides is 1. The molecule has 0 atom stereocenters. The molecule has 1 fully saturated rings. The number of guanidine groups is 1. The summed E-state index contributed by atoms with van der Waals surface area (Å²) in [6, 6.07) is 10.4. The third-order valence-electron chi connectivity index (χ3n) is 4.25. The van der Waals surface area contributed by atoms with Gasteiger partial charge in [0, 0.05) is 63.4 Å². The molecule has 144 valence electrons. The van der Waals surface area contributed by atoms with Gasteiger partial charge in [0.1, 0.15) is 0 Å². The lowest BCUT2D eigenvalue weighted by Crippen LogP contribution is -2.48. The van der Waals surface area contributed by atoms with Gasteiger partial charge in [0.15, 0.2) is 5.96 Å². The number of carbonyl (C=O) groups is 1. The largest absolute Gasteiger partial charge is 0.357 e. The van der Waals surface area contributed by atoms with Gasteiger partial charge in [-0.3, -0.25) is 14.7 Å². The minimum Gasteiger partial charge on any atom is -0.357 e. The molecule has 1 aromatic rings. The Kier molecular flexibility index (Phi) is 9.34. The van der Waals surface area contributed by atoms with E-state index >= 15 is 0 Å². The summed E-state index contributed by atoms with van der Waals surface area (Å²) >= 11 is 1.84. The number of benzene rings is 1. The molecule has 0 aliphatic carbocycles. The van der Waals surface area contributed by atoms with Gasteiger partial charge in [-0.2, -0.15) is 0 Å². The van der Waals surface area contributed by atoms with Crippen LogP contribution in [0.5, 0.6) is 0 Å². The number of rotatable bonds is 8. The Morgan fingerprint density at radius 2 is 1.88 bits per heavy atom. The number of hydrogen-bond donors (Lipinski definition) is 2. The van der Waals surface area contributed by atoms with Crippen LogP contribution in [0.1, 0.15) is 13.8 Å². The lowest BCUT2D eigenvalue weighted by molar-refractivity contribution is -0.130. The molecule has 1 amide bonds. The van der Waals surface area contributed by atoms with Gasteiger partial charge in [0.2, 0.25) is 5.91 Å². The van der Waals surface area contributed by atoms with Crippen LogP contribution in [0.15, 0.2) is 40.2 Å². The summed E-state index contributed by atoms with van der Waals surface area (Å²) in [6.07, 6.45) is 0. The van der Waals surface area contributed by atoms with E-state index in [-0.39, 0.29) is 5.91 Å². The van der Waals surface area contributed by atoms with Crippen molar-refractivity contribution in [2.45, 2.75) is 18.7 Å². The highest BCUT2D eigenvalue weighted by Crippen LogP contribution is 2.15. The van der Waals surface area contributed by atoms with Crippen molar-refractivity contribution in [2.24, 2.45) is 4.99 Å². The van der Waals surface area contributed by atoms with Crippen molar-refractivity contribution < 1.29 is 4.79 Å². The second-order valence-corrected chi connectivity index (χ2v) is 7.36. The summed E-state index contributed by atoms with van der Waals surface area (Å²) < 4.78 is 0. The molecule has 0 saturated carbocycles. The van der Waals surface area contributed by atoms with Gasteiger partial charge >= 0.3 is 0 Å². The minimum atomic E-state index is 0.176. The van der Waals surface area contributed by atoms with Crippen LogP contribution in [0.4, 0.5) is 0 Å². The van der Waals surface area contributed by atoms with Crippen LogP contribution >= 0.6 is 11.8 Å². The molecule has 0 unspecified atom stereocenters. The smallest absolute Gasteiger partial charge is 0.219 e. The molecule has 2 rings (SSSR count). The number of aliphatic imine (C=N–C) groups is 1. The summed E-state index contributed by atoms with van der Waals surface area (Å²) in [5.74, 6) is 2.06. The number of piperazine rings is 1. The van der Waals surface area contributed by atoms with Crippen molar-refractivity contribution in [3.05, 3.63) is 30.3 Å². The Morgan fingerprint density at radius 1 is 1.15 bits per heavy atom. The van der Waals surface area contributed by atoms with Crippen LogP contribution in [-0.2, 0) is 4.79 Å². The van der Waals surface area contributed by atoms with Gasteiger partial charge < -0.3 is 15.5 Å². The fourth-order valence-electron chi connectivity index (χ4n) is 2.79. The van der Waals surface area contributed by atoms with E-state index in [0.29, 0.717) is 0 Å². The Labute approximate surface area is 161 Å². The van der Waals surface area contributed by atoms with Crippen LogP contribution in [0, 0.1) is 0 Å². The van der Waals surface area contributed by atoms with Crippen molar-refractivity contribution in [1.29, 1.82) is 0 Å². The van der Waals surface area contributed by atoms with E-state index in [4.69, 9.17) is 0 Å². The summed E-state index contributed by atoms with van der Waals surface area (Å²) in [5, 5.41) is 6.70. The maximum absolute atomic E-state index is 11.4. The van der Waals surface area contributed by atoms with Crippen LogP contribution < -0.4 is 10.6 Å². The standard InChI is InChI=1S/C19H31N5OS/c1-3-20-19(22-10-16-26-18-7-5-4-6-8-18)21-9-11-23-12-14-24(15-13-23)17(2)25/h4-8H,3,9-16H2,1-2H3,(H2,20,21,22). The summed E-state index contributed by atoms with van der Waals surface area (Å²) in [7, 11) is 0. The van der Waals surface area contributed by atoms with Crippen LogP contribution in [0.3, 0.4) is 0 Å². The maximum atomic E-state index is 11.4. The van der Waals surface area contributed by atoms with Crippen LogP contribution in [-0.4, -0.2) is 79.8 Å². The minimum absolute atomic E-state index is 0.176. The Morgan fingerprint density at radius 3 is 2.54 bits per heavy atom. The zero-order valence-corrected chi connectivity index (χ0v) is 16.7. The first-order valence-corrected chi connectivity index (χ1v) is 10.4. The lowest BCUT2D eigenvalue weighted by Gasteiger charge is -2.33. The number of nitrogens with zero attached hydrogens (tertiary/aromatic N) is 3. The summed E-state index contributed by atoms with van der Waals surface area (Å²) in [6.45, 7) is 10.7. The van der Waals surface area contributed by atoms with Crippen LogP contribution in [0.2, 0.25) is 0 Å². The highest BCUT2D eigenvalue weighted by Gasteiger charge is 2.17. The molecule has 1 aromatic carbocycles. The molecule has 1 saturated heterocycles. The van der Waals surface area contributed by atoms with E-state index in [9.17, 15) is 4.79 Å². The molecule has 2 N–H and O–H groups in total. The van der Waals surface area contributed by atoms with Gasteiger partial charge in [-0.1, -0.05) is 18.2 Å². The molecular formula is C19H31N5OS. The predicted molar refractivity (Wildman–Crippen MR) is 110 cm³/mol. The van der Waals surface area contributed by atoms with E-state index < -0.39 is 0 Å². The molecule has 0 aromatic heterocycles. The van der Waals surface area contributed by atoms with Gasteiger partial charge in [-0.05, 0) is 19.1 Å². The van der Waals surface area contributed by atoms with E-state index in [2.05, 4.69) is 51.7 Å². The maximum Gasteiger partial charge on any atom is 0.219 e. The van der Waals surface area contributed by atoms with Crippen LogP contribution in [0.25, 0.3) is 0 Å². The Balaban J connectivity index is 1.65. The predicted octanol–water partition coefficient (Wildman–Crippen LogP) is 1.50. The van der Waals surface area contributed by atoms with E-state index in [1.54, 1.807) is 6.92 Å². The second kappa shape index (κ2) is 11.8. The van der Waals surface area contributed by atoms with E-state index in [0.717, 1.165) is 64.1 Å². The average molecular weight is 378 g/mol. The lowest BCUT2D eigenvalue weighted by atomic mass is 10.3. The highest BCUT2D eigenvalue weighted by molar-refractivity contribution is 7.99. The third-order valence-corrected chi connectivity index (χ3v) is 5.27. The number of hydrogen-bond acceptors (Lipinski definition) is 4. The molecule has 6 nitrogen and oxygen atoms in total. The Hall–Kier alpha value is -1.73. The first-order valence-electron chi connectivity index (χ1n) is 9.37. The highest BCUT2D eigenvalue weighted by atomic mass is 32.2. The van der Waals surface area contributed by atoms with Crippen molar-refractivity contribution in [2.75, 3.05) is 58.1 Å². The fourth-order valence-corrected chi connectivity index (χ4v) is 3.58. The average Bonchev–Trinajstić information content (AvgIpc) is 2.66. The number of thioether (sulfide) groups is 1. The first kappa shape index (κ1) is 20.6. The topological polar surface area (TPSA) is 60.0 Å². The van der Waals surface area contributed by atoms with Gasteiger partial charge in [0.05, 0.1) is 6.54 Å². The van der Waals surface area contributed by atoms with Crippen molar-refractivity contribution in [3.63, 3.8) is 0 Å². The quantitative estimate of drug-likeness (QED) is 0.311. The molecule has 0 radical (unpaired) electrons. The Bertz CT molecular complexity index is 558. The molecule has 0 spiro atoms. The first-order chi connectivity index (χ1) is 12.7. The molecule has 1 heterocycles. The van der Waals surface area contributed by atoms with Crippen molar-refractivity contribution in [1.82, 2.24) is 20.4 Å². The number of nitrogens with one attached hydrogen (secondary N) is 2. The SMILES string of the molecule is CCNC(=NCCN1CCN(C(C)=O)CC1)NCCSc1ccccc1. The van der Waals surface area contributed by atoms with E-state index in [1.165, 1.54) is 4.90 Å². The van der Waals surface area contributed by atoms with Gasteiger partial charge in [-0.15, -0.1) is 11.8 Å². The normalized spacial score (nSPS) is 15.8. The monoisotopic (exact) mass is 377 g/mol. The summed E-state index contributed by atoms with van der Waals surface area (Å²) in [4.78, 5) is 21.6.